The molecule has 0 unspecified atom stereocenters. The SMILES string of the molecule is CC(=[NH2+])C(=NNc1cc([N+](=O)[O-])ccc1O)C(O)=Nc1ccccc1.Cc1[nH][n+](-c2ccccc2)c(O)c1N=Nc1cc([N+](=O)[O-])cc(S(=O)(=O)O)c1O.[Cr]. The van der Waals surface area contributed by atoms with E-state index in [9.17, 15) is 53.6 Å². The van der Waals surface area contributed by atoms with Gasteiger partial charge in [0.2, 0.25) is 28.7 Å². The summed E-state index contributed by atoms with van der Waals surface area (Å²) in [5.74, 6) is -2.05. The van der Waals surface area contributed by atoms with Crippen LogP contribution < -0.4 is 15.5 Å². The Hall–Kier alpha value is -7.06. The Morgan fingerprint density at radius 2 is 1.49 bits per heavy atom. The molecule has 0 fully saturated rings. The van der Waals surface area contributed by atoms with E-state index in [4.69, 9.17) is 5.41 Å². The molecule has 284 valence electrons. The van der Waals surface area contributed by atoms with Crippen molar-refractivity contribution >= 4 is 61.6 Å². The Morgan fingerprint density at radius 1 is 0.891 bits per heavy atom. The van der Waals surface area contributed by atoms with Crippen molar-refractivity contribution in [1.29, 1.82) is 0 Å². The maximum atomic E-state index is 11.4. The zero-order valence-corrected chi connectivity index (χ0v) is 30.5. The van der Waals surface area contributed by atoms with Crippen molar-refractivity contribution in [2.45, 2.75) is 18.7 Å². The number of aromatic hydroxyl groups is 3. The quantitative estimate of drug-likeness (QED) is 0.0136. The number of hydrogen-bond acceptors (Lipinski definition) is 14. The molecule has 0 aliphatic carbocycles. The molecule has 4 aromatic carbocycles. The summed E-state index contributed by atoms with van der Waals surface area (Å²) in [5.41, 5.74) is 2.38. The molecule has 5 aromatic rings. The first kappa shape index (κ1) is 42.4. The largest absolute Gasteiger partial charge is 0.506 e. The van der Waals surface area contributed by atoms with Crippen LogP contribution in [0.3, 0.4) is 0 Å². The number of aliphatic imine (C=N–C) groups is 1. The van der Waals surface area contributed by atoms with Gasteiger partial charge in [-0.15, -0.1) is 10.2 Å². The molecule has 9 N–H and O–H groups in total. The topological polar surface area (TPSA) is 328 Å². The van der Waals surface area contributed by atoms with Crippen LogP contribution in [-0.4, -0.2) is 65.7 Å². The third-order valence-corrected chi connectivity index (χ3v) is 7.78. The number of hydrazone groups is 1. The van der Waals surface area contributed by atoms with Crippen molar-refractivity contribution < 1.29 is 70.7 Å². The van der Waals surface area contributed by atoms with Crippen molar-refractivity contribution in [2.24, 2.45) is 20.3 Å². The van der Waals surface area contributed by atoms with E-state index in [1.165, 1.54) is 11.6 Å². The molecule has 1 heterocycles. The van der Waals surface area contributed by atoms with Crippen LogP contribution in [0.2, 0.25) is 0 Å². The fourth-order valence-corrected chi connectivity index (χ4v) is 4.95. The number of aromatic amines is 1. The van der Waals surface area contributed by atoms with Crippen LogP contribution in [0, 0.1) is 27.2 Å². The smallest absolute Gasteiger partial charge is 0.425 e. The van der Waals surface area contributed by atoms with E-state index in [-0.39, 0.29) is 57.5 Å². The average Bonchev–Trinajstić information content (AvgIpc) is 3.40. The van der Waals surface area contributed by atoms with Gasteiger partial charge >= 0.3 is 5.88 Å². The van der Waals surface area contributed by atoms with E-state index in [0.29, 0.717) is 23.1 Å². The molecule has 0 radical (unpaired) electrons. The number of nitrogens with one attached hydrogen (secondary N) is 2. The first-order valence-electron chi connectivity index (χ1n) is 15.0. The number of nitrogens with two attached hydrogens (primary N) is 1. The molecule has 23 heteroatoms. The van der Waals surface area contributed by atoms with Gasteiger partial charge in [-0.05, 0) is 29.8 Å². The summed E-state index contributed by atoms with van der Waals surface area (Å²) in [6.07, 6.45) is 0. The number of rotatable bonds is 11. The minimum Gasteiger partial charge on any atom is -0.506 e. The third-order valence-electron chi connectivity index (χ3n) is 6.91. The number of phenols is 2. The van der Waals surface area contributed by atoms with Gasteiger partial charge in [-0.2, -0.15) is 18.6 Å². The molecule has 1 aromatic heterocycles. The first-order valence-corrected chi connectivity index (χ1v) is 16.4. The van der Waals surface area contributed by atoms with Crippen molar-refractivity contribution in [2.75, 3.05) is 5.43 Å². The molecular formula is C32H30CrN10O11S+2. The van der Waals surface area contributed by atoms with Crippen molar-refractivity contribution in [3.05, 3.63) is 117 Å². The number of phenolic OH excluding ortho intramolecular Hbond substituents is 2. The molecule has 0 spiro atoms. The molecule has 0 saturated carbocycles. The Balaban J connectivity index is 0.000000293. The van der Waals surface area contributed by atoms with Crippen LogP contribution in [-0.2, 0) is 27.5 Å². The fourth-order valence-electron chi connectivity index (χ4n) is 4.33. The predicted octanol–water partition coefficient (Wildman–Crippen LogP) is 4.16. The molecule has 0 saturated heterocycles. The second-order valence-electron chi connectivity index (χ2n) is 10.8. The third kappa shape index (κ3) is 10.7. The van der Waals surface area contributed by atoms with Gasteiger partial charge in [0.15, 0.2) is 5.75 Å². The monoisotopic (exact) mass is 814 g/mol. The van der Waals surface area contributed by atoms with Gasteiger partial charge < -0.3 is 20.4 Å². The Kier molecular flexibility index (Phi) is 14.0. The molecule has 5 rings (SSSR count). The van der Waals surface area contributed by atoms with Crippen LogP contribution in [0.1, 0.15) is 12.6 Å². The second-order valence-corrected chi connectivity index (χ2v) is 12.2. The molecule has 21 nitrogen and oxygen atoms in total. The second kappa shape index (κ2) is 18.1. The number of aliphatic hydroxyl groups excluding tert-OH is 1. The molecular weight excluding hydrogens is 784 g/mol. The number of azo groups is 1. The number of nitrogens with zero attached hydrogens (tertiary/aromatic N) is 7. The van der Waals surface area contributed by atoms with Gasteiger partial charge in [0.1, 0.15) is 27.7 Å². The molecule has 0 amide bonds. The van der Waals surface area contributed by atoms with Gasteiger partial charge in [0.25, 0.3) is 21.5 Å². The molecule has 0 atom stereocenters. The summed E-state index contributed by atoms with van der Waals surface area (Å²) in [5, 5.41) is 82.0. The van der Waals surface area contributed by atoms with E-state index in [2.05, 4.69) is 30.8 Å². The van der Waals surface area contributed by atoms with Crippen LogP contribution in [0.15, 0.2) is 116 Å². The van der Waals surface area contributed by atoms with Gasteiger partial charge in [0, 0.05) is 60.7 Å². The summed E-state index contributed by atoms with van der Waals surface area (Å²) in [4.78, 5) is 23.2. The number of hydrogen-bond donors (Lipinski definition) is 8. The number of aromatic nitrogens is 2. The number of benzene rings is 4. The van der Waals surface area contributed by atoms with Crippen LogP contribution in [0.5, 0.6) is 17.4 Å². The summed E-state index contributed by atoms with van der Waals surface area (Å²) < 4.78 is 33.2. The van der Waals surface area contributed by atoms with Gasteiger partial charge in [0.05, 0.1) is 15.5 Å². The van der Waals surface area contributed by atoms with E-state index in [1.54, 1.807) is 67.6 Å². The van der Waals surface area contributed by atoms with Crippen LogP contribution >= 0.6 is 0 Å². The number of aliphatic hydroxyl groups is 1. The van der Waals surface area contributed by atoms with Crippen molar-refractivity contribution in [3.63, 3.8) is 0 Å². The minimum absolute atomic E-state index is 0. The van der Waals surface area contributed by atoms with E-state index < -0.39 is 47.9 Å². The Morgan fingerprint density at radius 3 is 2.05 bits per heavy atom. The first-order chi connectivity index (χ1) is 25.5. The van der Waals surface area contributed by atoms with Crippen molar-refractivity contribution in [3.8, 4) is 23.1 Å². The van der Waals surface area contributed by atoms with E-state index in [0.717, 1.165) is 24.3 Å². The number of para-hydroxylation sites is 2. The summed E-state index contributed by atoms with van der Waals surface area (Å²) in [6, 6.07) is 22.1. The number of H-pyrrole nitrogens is 1. The Bertz CT molecular complexity index is 2440. The molecule has 0 aliphatic heterocycles. The number of anilines is 1. The zero-order chi connectivity index (χ0) is 39.7. The van der Waals surface area contributed by atoms with Crippen LogP contribution in [0.4, 0.5) is 34.1 Å². The standard InChI is InChI=1S/C16H13N5O7S.C16H15N5O4.Cr/c1-9-14(16(23)20(19-9)10-5-3-2-4-6-10)18-17-12-7-11(21(24)25)8-13(15(12)22)29(26,27)28;1-10(17)15(16(23)18-11-5-3-2-4-6-11)20-19-13-9-12(21(24)25)7-8-14(13)22;/h2-8H,1H3,(H3,17,18,19,22,23,26,27,28);2-9,17,19,22H,1H3,(H,18,23);/p+2. The summed E-state index contributed by atoms with van der Waals surface area (Å²) in [7, 11) is -4.96. The Labute approximate surface area is 321 Å². The van der Waals surface area contributed by atoms with E-state index in [1.807, 2.05) is 0 Å². The number of nitro benzene ring substituents is 2. The summed E-state index contributed by atoms with van der Waals surface area (Å²) >= 11 is 0. The maximum Gasteiger partial charge on any atom is 0.425 e. The van der Waals surface area contributed by atoms with E-state index >= 15 is 0 Å². The zero-order valence-electron chi connectivity index (χ0n) is 28.4. The maximum absolute atomic E-state index is 11.4. The minimum atomic E-state index is -4.96. The normalized spacial score (nSPS) is 11.6. The van der Waals surface area contributed by atoms with Crippen molar-refractivity contribution in [1.82, 2.24) is 5.10 Å². The van der Waals surface area contributed by atoms with Crippen LogP contribution in [0.25, 0.3) is 5.69 Å². The number of non-ortho nitro benzene ring substituents is 2. The number of aryl methyl sites for hydroxylation is 1. The fraction of sp³-hybridized carbons (Fsp3) is 0.0625. The molecule has 55 heavy (non-hydrogen) atoms. The molecule has 0 bridgehead atoms. The predicted molar refractivity (Wildman–Crippen MR) is 192 cm³/mol. The van der Waals surface area contributed by atoms with Gasteiger partial charge in [-0.25, -0.2) is 4.99 Å². The molecule has 0 aliphatic rings. The number of nitro groups is 2. The van der Waals surface area contributed by atoms with Gasteiger partial charge in [-0.1, -0.05) is 36.4 Å². The average molecular weight is 815 g/mol. The van der Waals surface area contributed by atoms with Gasteiger partial charge in [-0.3, -0.25) is 35.6 Å². The summed E-state index contributed by atoms with van der Waals surface area (Å²) in [6.45, 7) is 3.08.